The highest BCUT2D eigenvalue weighted by Crippen LogP contribution is 2.30. The Morgan fingerprint density at radius 3 is 2.71 bits per heavy atom. The fourth-order valence-electron chi connectivity index (χ4n) is 1.15. The second-order valence-electron chi connectivity index (χ2n) is 4.34. The van der Waals surface area contributed by atoms with Crippen molar-refractivity contribution in [3.8, 4) is 0 Å². The number of carbonyl (C=O) groups excluding carboxylic acids is 1. The van der Waals surface area contributed by atoms with Gasteiger partial charge in [-0.1, -0.05) is 13.8 Å². The van der Waals surface area contributed by atoms with Gasteiger partial charge in [0.05, 0.1) is 5.41 Å². The van der Waals surface area contributed by atoms with Gasteiger partial charge in [-0.05, 0) is 18.2 Å². The molecule has 0 unspecified atom stereocenters. The number of anilines is 1. The number of thioether (sulfide) groups is 1. The van der Waals surface area contributed by atoms with Crippen molar-refractivity contribution in [1.29, 1.82) is 0 Å². The number of nitrogens with one attached hydrogen (secondary N) is 1. The quantitative estimate of drug-likeness (QED) is 0.251. The number of hydrogen-bond acceptors (Lipinski definition) is 4. The smallest absolute Gasteiger partial charge is 0.240 e. The average Bonchev–Trinajstić information content (AvgIpc) is 2.26. The molecule has 0 aliphatic carbocycles. The molecule has 17 heavy (non-hydrogen) atoms. The SMILES string of the molecule is CC(C)(CSc1ccc(N)cc1F)C(=O)NN. The minimum atomic E-state index is -0.659. The first kappa shape index (κ1) is 13.8. The number of rotatable bonds is 4. The van der Waals surface area contributed by atoms with Crippen LogP contribution in [0.15, 0.2) is 23.1 Å². The number of hydrazine groups is 1. The van der Waals surface area contributed by atoms with E-state index >= 15 is 0 Å². The summed E-state index contributed by atoms with van der Waals surface area (Å²) in [6, 6.07) is 4.49. The van der Waals surface area contributed by atoms with E-state index in [1.165, 1.54) is 17.8 Å². The summed E-state index contributed by atoms with van der Waals surface area (Å²) < 4.78 is 13.5. The number of halogens is 1. The standard InChI is InChI=1S/C11H16FN3OS/c1-11(2,10(16)15-14)6-17-9-4-3-7(13)5-8(9)12/h3-5H,6,13-14H2,1-2H3,(H,15,16). The number of amides is 1. The molecular weight excluding hydrogens is 241 g/mol. The second-order valence-corrected chi connectivity index (χ2v) is 5.35. The molecule has 0 saturated carbocycles. The fraction of sp³-hybridized carbons (Fsp3) is 0.364. The lowest BCUT2D eigenvalue weighted by Gasteiger charge is -2.21. The molecule has 0 atom stereocenters. The Bertz CT molecular complexity index is 423. The molecule has 0 bridgehead atoms. The molecule has 5 N–H and O–H groups in total. The van der Waals surface area contributed by atoms with Crippen molar-refractivity contribution in [2.24, 2.45) is 11.3 Å². The molecule has 0 spiro atoms. The van der Waals surface area contributed by atoms with Crippen LogP contribution in [0.1, 0.15) is 13.8 Å². The van der Waals surface area contributed by atoms with E-state index < -0.39 is 5.41 Å². The number of nitrogens with two attached hydrogens (primary N) is 2. The lowest BCUT2D eigenvalue weighted by Crippen LogP contribution is -2.42. The molecule has 0 heterocycles. The predicted octanol–water partition coefficient (Wildman–Crippen LogP) is 1.52. The van der Waals surface area contributed by atoms with E-state index in [4.69, 9.17) is 11.6 Å². The van der Waals surface area contributed by atoms with Gasteiger partial charge < -0.3 is 5.73 Å². The lowest BCUT2D eigenvalue weighted by molar-refractivity contribution is -0.128. The minimum absolute atomic E-state index is 0.277. The predicted molar refractivity (Wildman–Crippen MR) is 67.6 cm³/mol. The number of nitrogen functional groups attached to an aromatic ring is 1. The van der Waals surface area contributed by atoms with Crippen LogP contribution in [-0.4, -0.2) is 11.7 Å². The Morgan fingerprint density at radius 1 is 1.53 bits per heavy atom. The third-order valence-electron chi connectivity index (χ3n) is 2.29. The van der Waals surface area contributed by atoms with E-state index in [0.717, 1.165) is 0 Å². The summed E-state index contributed by atoms with van der Waals surface area (Å²) in [6.07, 6.45) is 0. The second kappa shape index (κ2) is 5.37. The summed E-state index contributed by atoms with van der Waals surface area (Å²) >= 11 is 1.26. The van der Waals surface area contributed by atoms with E-state index in [1.807, 2.05) is 0 Å². The van der Waals surface area contributed by atoms with Gasteiger partial charge in [0.15, 0.2) is 0 Å². The summed E-state index contributed by atoms with van der Waals surface area (Å²) in [6.45, 7) is 3.49. The van der Waals surface area contributed by atoms with Crippen molar-refractivity contribution in [3.05, 3.63) is 24.0 Å². The molecule has 1 aromatic rings. The Morgan fingerprint density at radius 2 is 2.18 bits per heavy atom. The molecule has 1 aromatic carbocycles. The summed E-state index contributed by atoms with van der Waals surface area (Å²) in [5.74, 6) is 4.85. The topological polar surface area (TPSA) is 81.1 Å². The maximum atomic E-state index is 13.5. The monoisotopic (exact) mass is 257 g/mol. The van der Waals surface area contributed by atoms with Crippen LogP contribution < -0.4 is 17.0 Å². The number of benzene rings is 1. The molecule has 4 nitrogen and oxygen atoms in total. The van der Waals surface area contributed by atoms with Crippen LogP contribution in [0, 0.1) is 11.2 Å². The van der Waals surface area contributed by atoms with Gasteiger partial charge in [0, 0.05) is 16.3 Å². The summed E-state index contributed by atoms with van der Waals surface area (Å²) in [7, 11) is 0. The van der Waals surface area contributed by atoms with Crippen molar-refractivity contribution >= 4 is 23.4 Å². The molecule has 0 aromatic heterocycles. The van der Waals surface area contributed by atoms with E-state index in [-0.39, 0.29) is 11.7 Å². The van der Waals surface area contributed by atoms with Crippen molar-refractivity contribution in [1.82, 2.24) is 5.43 Å². The first-order chi connectivity index (χ1) is 7.86. The van der Waals surface area contributed by atoms with Gasteiger partial charge in [0.1, 0.15) is 5.82 Å². The van der Waals surface area contributed by atoms with Gasteiger partial charge in [-0.2, -0.15) is 0 Å². The zero-order chi connectivity index (χ0) is 13.1. The van der Waals surface area contributed by atoms with Gasteiger partial charge in [0.2, 0.25) is 5.91 Å². The highest BCUT2D eigenvalue weighted by atomic mass is 32.2. The summed E-state index contributed by atoms with van der Waals surface area (Å²) in [4.78, 5) is 11.9. The molecule has 0 radical (unpaired) electrons. The first-order valence-electron chi connectivity index (χ1n) is 5.05. The van der Waals surface area contributed by atoms with Crippen LogP contribution >= 0.6 is 11.8 Å². The highest BCUT2D eigenvalue weighted by molar-refractivity contribution is 7.99. The molecule has 6 heteroatoms. The zero-order valence-electron chi connectivity index (χ0n) is 9.79. The van der Waals surface area contributed by atoms with Gasteiger partial charge in [-0.15, -0.1) is 11.8 Å². The van der Waals surface area contributed by atoms with Crippen molar-refractivity contribution in [3.63, 3.8) is 0 Å². The highest BCUT2D eigenvalue weighted by Gasteiger charge is 2.27. The summed E-state index contributed by atoms with van der Waals surface area (Å²) in [5.41, 5.74) is 7.27. The van der Waals surface area contributed by atoms with Crippen molar-refractivity contribution < 1.29 is 9.18 Å². The molecule has 94 valence electrons. The Hall–Kier alpha value is -1.27. The maximum absolute atomic E-state index is 13.5. The molecule has 1 amide bonds. The van der Waals surface area contributed by atoms with Gasteiger partial charge in [-0.3, -0.25) is 10.2 Å². The molecule has 0 aliphatic rings. The average molecular weight is 257 g/mol. The normalized spacial score (nSPS) is 11.3. The molecule has 0 aliphatic heterocycles. The first-order valence-corrected chi connectivity index (χ1v) is 6.04. The Balaban J connectivity index is 2.70. The van der Waals surface area contributed by atoms with Gasteiger partial charge in [-0.25, -0.2) is 10.2 Å². The molecular formula is C11H16FN3OS. The van der Waals surface area contributed by atoms with E-state index in [9.17, 15) is 9.18 Å². The van der Waals surface area contributed by atoms with E-state index in [0.29, 0.717) is 16.3 Å². The minimum Gasteiger partial charge on any atom is -0.399 e. The van der Waals surface area contributed by atoms with Crippen LogP contribution in [0.3, 0.4) is 0 Å². The van der Waals surface area contributed by atoms with E-state index in [2.05, 4.69) is 5.43 Å². The van der Waals surface area contributed by atoms with Crippen LogP contribution in [0.4, 0.5) is 10.1 Å². The van der Waals surface area contributed by atoms with Crippen LogP contribution in [-0.2, 0) is 4.79 Å². The third kappa shape index (κ3) is 3.61. The zero-order valence-corrected chi connectivity index (χ0v) is 10.6. The third-order valence-corrected chi connectivity index (χ3v) is 3.80. The van der Waals surface area contributed by atoms with Crippen LogP contribution in [0.25, 0.3) is 0 Å². The van der Waals surface area contributed by atoms with Gasteiger partial charge in [0.25, 0.3) is 0 Å². The molecule has 1 rings (SSSR count). The Kier molecular flexibility index (Phi) is 4.36. The Labute approximate surface area is 104 Å². The maximum Gasteiger partial charge on any atom is 0.240 e. The number of carbonyl (C=O) groups is 1. The molecule has 0 saturated heterocycles. The fourth-order valence-corrected chi connectivity index (χ4v) is 2.16. The largest absolute Gasteiger partial charge is 0.399 e. The van der Waals surface area contributed by atoms with Crippen LogP contribution in [0.5, 0.6) is 0 Å². The van der Waals surface area contributed by atoms with Crippen LogP contribution in [0.2, 0.25) is 0 Å². The van der Waals surface area contributed by atoms with Crippen molar-refractivity contribution in [2.45, 2.75) is 18.7 Å². The van der Waals surface area contributed by atoms with E-state index in [1.54, 1.807) is 26.0 Å². The van der Waals surface area contributed by atoms with Gasteiger partial charge >= 0.3 is 0 Å². The van der Waals surface area contributed by atoms with Crippen molar-refractivity contribution in [2.75, 3.05) is 11.5 Å². The molecule has 0 fully saturated rings. The summed E-state index contributed by atoms with van der Waals surface area (Å²) in [5, 5.41) is 0. The lowest BCUT2D eigenvalue weighted by atomic mass is 9.96. The number of hydrogen-bond donors (Lipinski definition) is 3.